The van der Waals surface area contributed by atoms with Crippen LogP contribution in [-0.4, -0.2) is 38.4 Å². The Labute approximate surface area is 81.9 Å². The summed E-state index contributed by atoms with van der Waals surface area (Å²) in [5, 5.41) is 0. The van der Waals surface area contributed by atoms with Crippen molar-refractivity contribution < 1.29 is 9.32 Å². The highest BCUT2D eigenvalue weighted by atomic mass is 16.6. The van der Waals surface area contributed by atoms with Gasteiger partial charge in [0.2, 0.25) is 0 Å². The molecule has 3 heteroatoms. The van der Waals surface area contributed by atoms with Gasteiger partial charge in [-0.2, -0.15) is 0 Å². The average Bonchev–Trinajstić information content (AvgIpc) is 1.95. The van der Waals surface area contributed by atoms with Crippen LogP contribution >= 0.6 is 0 Å². The van der Waals surface area contributed by atoms with Gasteiger partial charge in [0.25, 0.3) is 0 Å². The van der Waals surface area contributed by atoms with Crippen LogP contribution in [-0.2, 0) is 4.84 Å². The first-order valence-electron chi connectivity index (χ1n) is 4.70. The van der Waals surface area contributed by atoms with Crippen molar-refractivity contribution in [2.45, 2.75) is 26.4 Å². The van der Waals surface area contributed by atoms with Gasteiger partial charge in [-0.3, -0.25) is 4.84 Å². The highest BCUT2D eigenvalue weighted by Gasteiger charge is 2.20. The summed E-state index contributed by atoms with van der Waals surface area (Å²) in [6, 6.07) is 0. The zero-order chi connectivity index (χ0) is 10.5. The lowest BCUT2D eigenvalue weighted by molar-refractivity contribution is -0.903. The van der Waals surface area contributed by atoms with Crippen LogP contribution in [0.2, 0.25) is 0 Å². The predicted octanol–water partition coefficient (Wildman–Crippen LogP) is 1.53. The third-order valence-electron chi connectivity index (χ3n) is 1.86. The number of rotatable bonds is 6. The van der Waals surface area contributed by atoms with Crippen molar-refractivity contribution in [3.8, 4) is 0 Å². The van der Waals surface area contributed by atoms with E-state index in [9.17, 15) is 0 Å². The topological polar surface area (TPSA) is 21.3 Å². The minimum absolute atomic E-state index is 0.333. The number of hydroxylamine groups is 1. The first-order chi connectivity index (χ1) is 5.88. The van der Waals surface area contributed by atoms with Gasteiger partial charge in [-0.1, -0.05) is 19.1 Å². The Hall–Kier alpha value is -0.380. The zero-order valence-electron chi connectivity index (χ0n) is 9.55. The molecule has 0 aromatic heterocycles. The van der Waals surface area contributed by atoms with E-state index in [0.717, 1.165) is 16.5 Å². The molecule has 1 N–H and O–H groups in total. The minimum atomic E-state index is 0.333. The molecule has 0 rings (SSSR count). The standard InChI is InChI=1S/C10H23N2O/c1-7-10(12(4,5)6)11-13-8-9(2)3/h10-11H,2,7-8H2,1,3-6H3/q+1. The highest BCUT2D eigenvalue weighted by Crippen LogP contribution is 2.03. The van der Waals surface area contributed by atoms with Crippen molar-refractivity contribution in [3.63, 3.8) is 0 Å². The number of nitrogens with zero attached hydrogens (tertiary/aromatic N) is 1. The van der Waals surface area contributed by atoms with Crippen LogP contribution in [0.25, 0.3) is 0 Å². The van der Waals surface area contributed by atoms with Gasteiger partial charge in [0.15, 0.2) is 6.17 Å². The Balaban J connectivity index is 3.80. The van der Waals surface area contributed by atoms with Crippen molar-refractivity contribution in [1.82, 2.24) is 5.48 Å². The molecule has 0 aromatic carbocycles. The van der Waals surface area contributed by atoms with Gasteiger partial charge in [0.05, 0.1) is 27.7 Å². The summed E-state index contributed by atoms with van der Waals surface area (Å²) in [4.78, 5) is 5.31. The first kappa shape index (κ1) is 12.6. The second-order valence-electron chi connectivity index (χ2n) is 4.40. The van der Waals surface area contributed by atoms with Crippen molar-refractivity contribution >= 4 is 0 Å². The number of hydrogen-bond donors (Lipinski definition) is 1. The minimum Gasteiger partial charge on any atom is -0.314 e. The summed E-state index contributed by atoms with van der Waals surface area (Å²) >= 11 is 0. The smallest absolute Gasteiger partial charge is 0.163 e. The molecule has 0 saturated carbocycles. The Bertz CT molecular complexity index is 161. The molecule has 0 radical (unpaired) electrons. The lowest BCUT2D eigenvalue weighted by Gasteiger charge is -2.33. The van der Waals surface area contributed by atoms with Gasteiger partial charge in [-0.15, -0.1) is 5.48 Å². The van der Waals surface area contributed by atoms with Crippen molar-refractivity contribution in [3.05, 3.63) is 12.2 Å². The molecule has 0 amide bonds. The second kappa shape index (κ2) is 5.37. The van der Waals surface area contributed by atoms with Crippen LogP contribution in [0.1, 0.15) is 20.3 Å². The van der Waals surface area contributed by atoms with Gasteiger partial charge in [0, 0.05) is 6.42 Å². The van der Waals surface area contributed by atoms with Gasteiger partial charge < -0.3 is 4.48 Å². The molecule has 1 atom stereocenters. The maximum absolute atomic E-state index is 5.31. The summed E-state index contributed by atoms with van der Waals surface area (Å²) < 4.78 is 0.854. The molecule has 0 fully saturated rings. The quantitative estimate of drug-likeness (QED) is 0.295. The summed E-state index contributed by atoms with van der Waals surface area (Å²) in [6.45, 7) is 8.45. The third-order valence-corrected chi connectivity index (χ3v) is 1.86. The average molecular weight is 187 g/mol. The number of quaternary nitrogens is 1. The molecule has 0 heterocycles. The summed E-state index contributed by atoms with van der Waals surface area (Å²) in [6.07, 6.45) is 1.37. The fourth-order valence-corrected chi connectivity index (χ4v) is 1.05. The maximum Gasteiger partial charge on any atom is 0.163 e. The van der Waals surface area contributed by atoms with E-state index in [1.807, 2.05) is 6.92 Å². The molecular formula is C10H23N2O+. The van der Waals surface area contributed by atoms with E-state index in [1.54, 1.807) is 0 Å². The van der Waals surface area contributed by atoms with Crippen molar-refractivity contribution in [1.29, 1.82) is 0 Å². The molecule has 0 bridgehead atoms. The Morgan fingerprint density at radius 2 is 2.00 bits per heavy atom. The Morgan fingerprint density at radius 1 is 1.46 bits per heavy atom. The van der Waals surface area contributed by atoms with Crippen LogP contribution in [0.4, 0.5) is 0 Å². The van der Waals surface area contributed by atoms with Crippen LogP contribution in [0, 0.1) is 0 Å². The molecule has 0 aliphatic heterocycles. The molecule has 78 valence electrons. The third kappa shape index (κ3) is 5.80. The highest BCUT2D eigenvalue weighted by molar-refractivity contribution is 4.86. The van der Waals surface area contributed by atoms with Gasteiger partial charge in [0.1, 0.15) is 0 Å². The normalized spacial score (nSPS) is 14.2. The molecule has 0 saturated heterocycles. The molecule has 0 aliphatic rings. The van der Waals surface area contributed by atoms with Crippen LogP contribution in [0.3, 0.4) is 0 Å². The zero-order valence-corrected chi connectivity index (χ0v) is 9.55. The molecule has 3 nitrogen and oxygen atoms in total. The van der Waals surface area contributed by atoms with E-state index < -0.39 is 0 Å². The van der Waals surface area contributed by atoms with E-state index in [4.69, 9.17) is 4.84 Å². The molecule has 1 unspecified atom stereocenters. The van der Waals surface area contributed by atoms with Crippen molar-refractivity contribution in [2.75, 3.05) is 27.7 Å². The first-order valence-corrected chi connectivity index (χ1v) is 4.70. The van der Waals surface area contributed by atoms with Crippen molar-refractivity contribution in [2.24, 2.45) is 0 Å². The van der Waals surface area contributed by atoms with E-state index in [-0.39, 0.29) is 0 Å². The van der Waals surface area contributed by atoms with E-state index in [0.29, 0.717) is 12.8 Å². The second-order valence-corrected chi connectivity index (χ2v) is 4.40. The lowest BCUT2D eigenvalue weighted by atomic mass is 10.3. The summed E-state index contributed by atoms with van der Waals surface area (Å²) in [5.74, 6) is 0. The fraction of sp³-hybridized carbons (Fsp3) is 0.800. The summed E-state index contributed by atoms with van der Waals surface area (Å²) in [5.41, 5.74) is 4.08. The predicted molar refractivity (Wildman–Crippen MR) is 56.0 cm³/mol. The molecule has 0 spiro atoms. The number of hydrogen-bond acceptors (Lipinski definition) is 2. The molecule has 0 aromatic rings. The van der Waals surface area contributed by atoms with E-state index in [1.165, 1.54) is 0 Å². The number of nitrogens with one attached hydrogen (secondary N) is 1. The van der Waals surface area contributed by atoms with Gasteiger partial charge in [-0.05, 0) is 6.92 Å². The Morgan fingerprint density at radius 3 is 2.31 bits per heavy atom. The van der Waals surface area contributed by atoms with E-state index in [2.05, 4.69) is 40.1 Å². The van der Waals surface area contributed by atoms with Crippen LogP contribution in [0.15, 0.2) is 12.2 Å². The van der Waals surface area contributed by atoms with E-state index >= 15 is 0 Å². The van der Waals surface area contributed by atoms with Crippen LogP contribution < -0.4 is 5.48 Å². The van der Waals surface area contributed by atoms with Gasteiger partial charge in [-0.25, -0.2) is 0 Å². The molecular weight excluding hydrogens is 164 g/mol. The molecule has 0 aliphatic carbocycles. The lowest BCUT2D eigenvalue weighted by Crippen LogP contribution is -2.53. The van der Waals surface area contributed by atoms with Gasteiger partial charge >= 0.3 is 0 Å². The Kier molecular flexibility index (Phi) is 5.21. The fourth-order valence-electron chi connectivity index (χ4n) is 1.05. The monoisotopic (exact) mass is 187 g/mol. The summed E-state index contributed by atoms with van der Waals surface area (Å²) in [7, 11) is 6.43. The maximum atomic E-state index is 5.31. The largest absolute Gasteiger partial charge is 0.314 e. The van der Waals surface area contributed by atoms with Crippen LogP contribution in [0.5, 0.6) is 0 Å². The SMILES string of the molecule is C=C(C)CONC(CC)[N+](C)(C)C. The molecule has 13 heavy (non-hydrogen) atoms.